The van der Waals surface area contributed by atoms with Crippen molar-refractivity contribution in [3.05, 3.63) is 34.3 Å². The lowest BCUT2D eigenvalue weighted by Gasteiger charge is -2.31. The SMILES string of the molecule is Cc1cccc(C(=O)NC2(C#N)CCCCC2)c1Cl. The summed E-state index contributed by atoms with van der Waals surface area (Å²) in [5.74, 6) is -0.253. The first-order valence-electron chi connectivity index (χ1n) is 6.57. The molecule has 2 rings (SSSR count). The van der Waals surface area contributed by atoms with Crippen molar-refractivity contribution in [2.24, 2.45) is 0 Å². The lowest BCUT2D eigenvalue weighted by Crippen LogP contribution is -2.48. The van der Waals surface area contributed by atoms with Gasteiger partial charge in [-0.3, -0.25) is 4.79 Å². The number of benzene rings is 1. The first-order valence-corrected chi connectivity index (χ1v) is 6.95. The molecule has 4 heteroatoms. The molecule has 0 saturated heterocycles. The first kappa shape index (κ1) is 13.9. The summed E-state index contributed by atoms with van der Waals surface area (Å²) in [6.07, 6.45) is 4.53. The summed E-state index contributed by atoms with van der Waals surface area (Å²) in [7, 11) is 0. The fourth-order valence-electron chi connectivity index (χ4n) is 2.53. The number of rotatable bonds is 2. The standard InChI is InChI=1S/C15H17ClN2O/c1-11-6-5-7-12(13(11)16)14(19)18-15(10-17)8-3-2-4-9-15/h5-7H,2-4,8-9H2,1H3,(H,18,19). The largest absolute Gasteiger partial charge is 0.334 e. The molecule has 3 nitrogen and oxygen atoms in total. The molecule has 1 N–H and O–H groups in total. The molecule has 1 aromatic carbocycles. The smallest absolute Gasteiger partial charge is 0.254 e. The lowest BCUT2D eigenvalue weighted by molar-refractivity contribution is 0.0903. The zero-order valence-corrected chi connectivity index (χ0v) is 11.8. The van der Waals surface area contributed by atoms with Gasteiger partial charge in [0.05, 0.1) is 16.7 Å². The maximum Gasteiger partial charge on any atom is 0.254 e. The summed E-state index contributed by atoms with van der Waals surface area (Å²) in [5.41, 5.74) is 0.591. The van der Waals surface area contributed by atoms with Gasteiger partial charge in [0.1, 0.15) is 5.54 Å². The number of amides is 1. The summed E-state index contributed by atoms with van der Waals surface area (Å²) < 4.78 is 0. The van der Waals surface area contributed by atoms with Crippen LogP contribution in [0.2, 0.25) is 5.02 Å². The molecule has 0 aromatic heterocycles. The van der Waals surface area contributed by atoms with Crippen molar-refractivity contribution in [3.63, 3.8) is 0 Å². The highest BCUT2D eigenvalue weighted by Crippen LogP contribution is 2.29. The molecule has 1 amide bonds. The lowest BCUT2D eigenvalue weighted by atomic mass is 9.82. The van der Waals surface area contributed by atoms with Gasteiger partial charge in [-0.2, -0.15) is 5.26 Å². The van der Waals surface area contributed by atoms with Crippen molar-refractivity contribution in [3.8, 4) is 6.07 Å². The number of hydrogen-bond acceptors (Lipinski definition) is 2. The van der Waals surface area contributed by atoms with E-state index in [1.807, 2.05) is 13.0 Å². The highest BCUT2D eigenvalue weighted by molar-refractivity contribution is 6.34. The van der Waals surface area contributed by atoms with Crippen molar-refractivity contribution in [1.82, 2.24) is 5.32 Å². The Kier molecular flexibility index (Phi) is 4.11. The Hall–Kier alpha value is -1.53. The van der Waals surface area contributed by atoms with E-state index >= 15 is 0 Å². The van der Waals surface area contributed by atoms with Crippen LogP contribution < -0.4 is 5.32 Å². The summed E-state index contributed by atoms with van der Waals surface area (Å²) in [6.45, 7) is 1.86. The van der Waals surface area contributed by atoms with Gasteiger partial charge in [-0.05, 0) is 31.4 Å². The van der Waals surface area contributed by atoms with E-state index in [0.717, 1.165) is 37.7 Å². The van der Waals surface area contributed by atoms with Crippen LogP contribution in [0.1, 0.15) is 48.0 Å². The Balaban J connectivity index is 2.21. The van der Waals surface area contributed by atoms with Crippen molar-refractivity contribution < 1.29 is 4.79 Å². The number of carbonyl (C=O) groups is 1. The number of halogens is 1. The van der Waals surface area contributed by atoms with Crippen molar-refractivity contribution in [1.29, 1.82) is 5.26 Å². The number of nitrogens with one attached hydrogen (secondary N) is 1. The molecule has 1 fully saturated rings. The van der Waals surface area contributed by atoms with Gasteiger partial charge in [0.25, 0.3) is 5.91 Å². The van der Waals surface area contributed by atoms with Gasteiger partial charge in [-0.15, -0.1) is 0 Å². The fraction of sp³-hybridized carbons (Fsp3) is 0.467. The number of aryl methyl sites for hydroxylation is 1. The summed E-state index contributed by atoms with van der Waals surface area (Å²) in [5, 5.41) is 12.7. The van der Waals surface area contributed by atoms with Crippen LogP contribution in [0.15, 0.2) is 18.2 Å². The minimum atomic E-state index is -0.720. The first-order chi connectivity index (χ1) is 9.08. The maximum absolute atomic E-state index is 12.3. The fourth-order valence-corrected chi connectivity index (χ4v) is 2.74. The number of nitrogens with zero attached hydrogens (tertiary/aromatic N) is 1. The molecule has 0 unspecified atom stereocenters. The minimum absolute atomic E-state index is 0.253. The molecule has 1 aliphatic rings. The second kappa shape index (κ2) is 5.63. The van der Waals surface area contributed by atoms with Gasteiger partial charge in [-0.1, -0.05) is 43.0 Å². The second-order valence-corrected chi connectivity index (χ2v) is 5.52. The molecule has 1 aliphatic carbocycles. The molecule has 1 saturated carbocycles. The van der Waals surface area contributed by atoms with E-state index in [4.69, 9.17) is 11.6 Å². The number of carbonyl (C=O) groups excluding carboxylic acids is 1. The summed E-state index contributed by atoms with van der Waals surface area (Å²) >= 11 is 6.15. The average Bonchev–Trinajstić information content (AvgIpc) is 2.42. The molecule has 100 valence electrons. The van der Waals surface area contributed by atoms with E-state index in [1.165, 1.54) is 0 Å². The van der Waals surface area contributed by atoms with Gasteiger partial charge in [0.2, 0.25) is 0 Å². The molecule has 19 heavy (non-hydrogen) atoms. The maximum atomic E-state index is 12.3. The molecule has 0 radical (unpaired) electrons. The normalized spacial score (nSPS) is 17.5. The number of nitriles is 1. The molecule has 0 spiro atoms. The third-order valence-electron chi connectivity index (χ3n) is 3.71. The van der Waals surface area contributed by atoms with Crippen LogP contribution in [0.3, 0.4) is 0 Å². The van der Waals surface area contributed by atoms with E-state index in [1.54, 1.807) is 12.1 Å². The van der Waals surface area contributed by atoms with Gasteiger partial charge in [-0.25, -0.2) is 0 Å². The van der Waals surface area contributed by atoms with Crippen LogP contribution in [0.5, 0.6) is 0 Å². The Morgan fingerprint density at radius 2 is 2.05 bits per heavy atom. The third-order valence-corrected chi connectivity index (χ3v) is 4.21. The van der Waals surface area contributed by atoms with Crippen LogP contribution in [0, 0.1) is 18.3 Å². The van der Waals surface area contributed by atoms with Crippen LogP contribution in [-0.2, 0) is 0 Å². The number of hydrogen-bond donors (Lipinski definition) is 1. The van der Waals surface area contributed by atoms with E-state index in [0.29, 0.717) is 10.6 Å². The van der Waals surface area contributed by atoms with Crippen LogP contribution in [0.25, 0.3) is 0 Å². The van der Waals surface area contributed by atoms with E-state index in [-0.39, 0.29) is 5.91 Å². The Morgan fingerprint density at radius 1 is 1.37 bits per heavy atom. The van der Waals surface area contributed by atoms with Crippen molar-refractivity contribution >= 4 is 17.5 Å². The molecular formula is C15H17ClN2O. The summed E-state index contributed by atoms with van der Waals surface area (Å²) in [6, 6.07) is 7.63. The highest BCUT2D eigenvalue weighted by Gasteiger charge is 2.34. The third kappa shape index (κ3) is 2.90. The molecule has 0 heterocycles. The topological polar surface area (TPSA) is 52.9 Å². The quantitative estimate of drug-likeness (QED) is 0.897. The highest BCUT2D eigenvalue weighted by atomic mass is 35.5. The molecule has 0 atom stereocenters. The molecule has 1 aromatic rings. The predicted octanol–water partition coefficient (Wildman–Crippen LogP) is 3.60. The van der Waals surface area contributed by atoms with E-state index < -0.39 is 5.54 Å². The second-order valence-electron chi connectivity index (χ2n) is 5.15. The van der Waals surface area contributed by atoms with Crippen molar-refractivity contribution in [2.45, 2.75) is 44.6 Å². The van der Waals surface area contributed by atoms with Crippen molar-refractivity contribution in [2.75, 3.05) is 0 Å². The van der Waals surface area contributed by atoms with Crippen LogP contribution in [-0.4, -0.2) is 11.4 Å². The zero-order valence-electron chi connectivity index (χ0n) is 11.0. The molecule has 0 bridgehead atoms. The Bertz CT molecular complexity index is 527. The monoisotopic (exact) mass is 276 g/mol. The average molecular weight is 277 g/mol. The van der Waals surface area contributed by atoms with Gasteiger partial charge >= 0.3 is 0 Å². The minimum Gasteiger partial charge on any atom is -0.334 e. The molecular weight excluding hydrogens is 260 g/mol. The Labute approximate surface area is 118 Å². The Morgan fingerprint density at radius 3 is 2.68 bits per heavy atom. The van der Waals surface area contributed by atoms with E-state index in [2.05, 4.69) is 11.4 Å². The van der Waals surface area contributed by atoms with Crippen LogP contribution >= 0.6 is 11.6 Å². The van der Waals surface area contributed by atoms with Crippen LogP contribution in [0.4, 0.5) is 0 Å². The van der Waals surface area contributed by atoms with Gasteiger partial charge in [0.15, 0.2) is 0 Å². The predicted molar refractivity (Wildman–Crippen MR) is 75.1 cm³/mol. The van der Waals surface area contributed by atoms with Gasteiger partial charge < -0.3 is 5.32 Å². The van der Waals surface area contributed by atoms with E-state index in [9.17, 15) is 10.1 Å². The van der Waals surface area contributed by atoms with Gasteiger partial charge in [0, 0.05) is 0 Å². The zero-order chi connectivity index (χ0) is 13.9. The summed E-state index contributed by atoms with van der Waals surface area (Å²) in [4.78, 5) is 12.3. The molecule has 0 aliphatic heterocycles.